The molecule has 0 spiro atoms. The Kier molecular flexibility index (Phi) is 8.45. The van der Waals surface area contributed by atoms with Crippen molar-refractivity contribution in [3.63, 3.8) is 0 Å². The van der Waals surface area contributed by atoms with Gasteiger partial charge in [0.2, 0.25) is 5.91 Å². The lowest BCUT2D eigenvalue weighted by Gasteiger charge is -2.22. The van der Waals surface area contributed by atoms with E-state index in [1.54, 1.807) is 0 Å². The number of rotatable bonds is 6. The van der Waals surface area contributed by atoms with Crippen molar-refractivity contribution >= 4 is 18.1 Å². The van der Waals surface area contributed by atoms with Gasteiger partial charge in [-0.2, -0.15) is 0 Å². The average Bonchev–Trinajstić information content (AvgIpc) is 3.40. The van der Waals surface area contributed by atoms with Gasteiger partial charge in [-0.3, -0.25) is 9.59 Å². The van der Waals surface area contributed by atoms with Crippen LogP contribution in [0.4, 0.5) is 5.69 Å². The fourth-order valence-electron chi connectivity index (χ4n) is 3.35. The minimum Gasteiger partial charge on any atom is -0.462 e. The standard InChI is InChI=1S/C17H25N3O.C5H10O2/c1-12(21)20-15-4-2-14(3-5-15)16-10-17(16)19-11-13-6-8-18-9-7-13;1-5(2,3)7-4-6/h2-5,13,16-19H,6-11H2,1H3,(H,20,21);4H,1-3H3. The molecule has 28 heavy (non-hydrogen) atoms. The Morgan fingerprint density at radius 3 is 2.36 bits per heavy atom. The molecule has 2 fully saturated rings. The van der Waals surface area contributed by atoms with Gasteiger partial charge in [0, 0.05) is 24.6 Å². The molecule has 0 aromatic heterocycles. The van der Waals surface area contributed by atoms with Crippen LogP contribution in [0.25, 0.3) is 0 Å². The molecule has 2 aliphatic rings. The Morgan fingerprint density at radius 1 is 1.21 bits per heavy atom. The van der Waals surface area contributed by atoms with E-state index in [4.69, 9.17) is 0 Å². The van der Waals surface area contributed by atoms with Crippen molar-refractivity contribution in [3.8, 4) is 0 Å². The van der Waals surface area contributed by atoms with E-state index in [-0.39, 0.29) is 11.5 Å². The number of benzene rings is 1. The summed E-state index contributed by atoms with van der Waals surface area (Å²) in [6, 6.07) is 8.92. The first-order chi connectivity index (χ1) is 13.3. The molecule has 3 rings (SSSR count). The van der Waals surface area contributed by atoms with E-state index in [0.29, 0.717) is 18.4 Å². The van der Waals surface area contributed by atoms with E-state index in [9.17, 15) is 9.59 Å². The van der Waals surface area contributed by atoms with Crippen LogP contribution in [0.2, 0.25) is 0 Å². The molecule has 6 heteroatoms. The normalized spacial score (nSPS) is 21.9. The maximum absolute atomic E-state index is 11.0. The van der Waals surface area contributed by atoms with Crippen molar-refractivity contribution in [1.82, 2.24) is 10.6 Å². The minimum absolute atomic E-state index is 0.0179. The van der Waals surface area contributed by atoms with Crippen LogP contribution in [0.5, 0.6) is 0 Å². The molecular formula is C22H35N3O3. The predicted octanol–water partition coefficient (Wildman–Crippen LogP) is 3.05. The summed E-state index contributed by atoms with van der Waals surface area (Å²) in [6.45, 7) is 11.0. The van der Waals surface area contributed by atoms with Gasteiger partial charge >= 0.3 is 0 Å². The molecule has 2 atom stereocenters. The molecular weight excluding hydrogens is 354 g/mol. The Balaban J connectivity index is 0.000000345. The molecule has 1 aliphatic heterocycles. The second-order valence-corrected chi connectivity index (χ2v) is 8.68. The van der Waals surface area contributed by atoms with Crippen LogP contribution in [-0.2, 0) is 14.3 Å². The van der Waals surface area contributed by atoms with Gasteiger partial charge in [0.15, 0.2) is 0 Å². The third kappa shape index (κ3) is 8.40. The Morgan fingerprint density at radius 2 is 1.86 bits per heavy atom. The lowest BCUT2D eigenvalue weighted by atomic mass is 9.98. The molecule has 0 bridgehead atoms. The van der Waals surface area contributed by atoms with Gasteiger partial charge in [-0.05, 0) is 83.3 Å². The Hall–Kier alpha value is -1.92. The number of carbonyl (C=O) groups excluding carboxylic acids is 2. The third-order valence-corrected chi connectivity index (χ3v) is 4.98. The van der Waals surface area contributed by atoms with Crippen LogP contribution in [-0.4, -0.2) is 43.7 Å². The number of ether oxygens (including phenoxy) is 1. The maximum atomic E-state index is 11.0. The Labute approximate surface area is 168 Å². The first-order valence-electron chi connectivity index (χ1n) is 10.2. The lowest BCUT2D eigenvalue weighted by molar-refractivity contribution is -0.138. The van der Waals surface area contributed by atoms with Crippen molar-refractivity contribution in [2.45, 2.75) is 64.5 Å². The molecule has 0 radical (unpaired) electrons. The zero-order valence-corrected chi connectivity index (χ0v) is 17.6. The molecule has 1 saturated heterocycles. The van der Waals surface area contributed by atoms with E-state index in [2.05, 4.69) is 32.8 Å². The summed E-state index contributed by atoms with van der Waals surface area (Å²) in [5, 5.41) is 9.95. The van der Waals surface area contributed by atoms with Gasteiger partial charge in [-0.25, -0.2) is 0 Å². The molecule has 156 valence electrons. The fourth-order valence-corrected chi connectivity index (χ4v) is 3.35. The second kappa shape index (κ2) is 10.6. The quantitative estimate of drug-likeness (QED) is 0.652. The van der Waals surface area contributed by atoms with E-state index >= 15 is 0 Å². The number of amides is 1. The fraction of sp³-hybridized carbons (Fsp3) is 0.636. The van der Waals surface area contributed by atoms with Gasteiger partial charge < -0.3 is 20.7 Å². The van der Waals surface area contributed by atoms with Crippen molar-refractivity contribution in [2.75, 3.05) is 25.0 Å². The smallest absolute Gasteiger partial charge is 0.293 e. The van der Waals surface area contributed by atoms with E-state index in [0.717, 1.165) is 18.2 Å². The summed E-state index contributed by atoms with van der Waals surface area (Å²) in [5.41, 5.74) is 1.94. The molecule has 3 N–H and O–H groups in total. The lowest BCUT2D eigenvalue weighted by Crippen LogP contribution is -2.34. The first-order valence-corrected chi connectivity index (χ1v) is 10.2. The highest BCUT2D eigenvalue weighted by atomic mass is 16.5. The van der Waals surface area contributed by atoms with Crippen LogP contribution < -0.4 is 16.0 Å². The predicted molar refractivity (Wildman–Crippen MR) is 112 cm³/mol. The van der Waals surface area contributed by atoms with Gasteiger partial charge in [0.1, 0.15) is 5.60 Å². The largest absolute Gasteiger partial charge is 0.462 e. The number of anilines is 1. The van der Waals surface area contributed by atoms with Gasteiger partial charge in [-0.1, -0.05) is 12.1 Å². The monoisotopic (exact) mass is 389 g/mol. The first kappa shape index (κ1) is 22.4. The van der Waals surface area contributed by atoms with Gasteiger partial charge in [-0.15, -0.1) is 0 Å². The number of hydrogen-bond donors (Lipinski definition) is 3. The van der Waals surface area contributed by atoms with Crippen molar-refractivity contribution in [2.24, 2.45) is 5.92 Å². The molecule has 1 heterocycles. The number of nitrogens with one attached hydrogen (secondary N) is 3. The van der Waals surface area contributed by atoms with Crippen LogP contribution in [0.1, 0.15) is 58.4 Å². The van der Waals surface area contributed by atoms with Crippen LogP contribution in [0.3, 0.4) is 0 Å². The van der Waals surface area contributed by atoms with E-state index in [1.807, 2.05) is 32.9 Å². The Bertz CT molecular complexity index is 619. The highest BCUT2D eigenvalue weighted by Gasteiger charge is 2.38. The van der Waals surface area contributed by atoms with Crippen LogP contribution >= 0.6 is 0 Å². The zero-order chi connectivity index (χ0) is 20.6. The topological polar surface area (TPSA) is 79.5 Å². The van der Waals surface area contributed by atoms with E-state index < -0.39 is 0 Å². The van der Waals surface area contributed by atoms with E-state index in [1.165, 1.54) is 44.8 Å². The minimum atomic E-state index is -0.318. The molecule has 2 unspecified atom stereocenters. The molecule has 6 nitrogen and oxygen atoms in total. The summed E-state index contributed by atoms with van der Waals surface area (Å²) in [6.07, 6.45) is 3.84. The highest BCUT2D eigenvalue weighted by Crippen LogP contribution is 2.41. The third-order valence-electron chi connectivity index (χ3n) is 4.98. The average molecular weight is 390 g/mol. The van der Waals surface area contributed by atoms with Gasteiger partial charge in [0.05, 0.1) is 0 Å². The van der Waals surface area contributed by atoms with Crippen LogP contribution in [0.15, 0.2) is 24.3 Å². The molecule has 1 aromatic carbocycles. The summed E-state index contributed by atoms with van der Waals surface area (Å²) in [7, 11) is 0. The SMILES string of the molecule is CC(=O)Nc1ccc(C2CC2NCC2CCNCC2)cc1.CC(C)(C)OC=O. The molecule has 1 amide bonds. The second-order valence-electron chi connectivity index (χ2n) is 8.68. The van der Waals surface area contributed by atoms with Crippen molar-refractivity contribution in [3.05, 3.63) is 29.8 Å². The maximum Gasteiger partial charge on any atom is 0.293 e. The number of carbonyl (C=O) groups is 2. The van der Waals surface area contributed by atoms with Crippen molar-refractivity contribution < 1.29 is 14.3 Å². The number of piperidine rings is 1. The van der Waals surface area contributed by atoms with Crippen LogP contribution in [0, 0.1) is 5.92 Å². The summed E-state index contributed by atoms with van der Waals surface area (Å²) in [4.78, 5) is 20.6. The highest BCUT2D eigenvalue weighted by molar-refractivity contribution is 5.88. The zero-order valence-electron chi connectivity index (χ0n) is 17.6. The molecule has 1 aromatic rings. The van der Waals surface area contributed by atoms with Gasteiger partial charge in [0.25, 0.3) is 6.47 Å². The number of hydrogen-bond acceptors (Lipinski definition) is 5. The summed E-state index contributed by atoms with van der Waals surface area (Å²) in [5.74, 6) is 1.48. The van der Waals surface area contributed by atoms with Crippen molar-refractivity contribution in [1.29, 1.82) is 0 Å². The summed E-state index contributed by atoms with van der Waals surface area (Å²) < 4.78 is 4.55. The summed E-state index contributed by atoms with van der Waals surface area (Å²) >= 11 is 0. The molecule has 1 aliphatic carbocycles. The molecule has 1 saturated carbocycles.